The Labute approximate surface area is 71.6 Å². The van der Waals surface area contributed by atoms with E-state index in [0.717, 1.165) is 0 Å². The predicted octanol–water partition coefficient (Wildman–Crippen LogP) is 0.456. The van der Waals surface area contributed by atoms with E-state index in [1.165, 1.54) is 12.7 Å². The molecule has 0 radical (unpaired) electrons. The first-order chi connectivity index (χ1) is 5.72. The predicted molar refractivity (Wildman–Crippen MR) is 43.4 cm³/mol. The van der Waals surface area contributed by atoms with E-state index in [4.69, 9.17) is 0 Å². The molecule has 12 heavy (non-hydrogen) atoms. The number of hydrogen-bond acceptors (Lipinski definition) is 2. The van der Waals surface area contributed by atoms with Crippen LogP contribution in [0.4, 0.5) is 0 Å². The summed E-state index contributed by atoms with van der Waals surface area (Å²) in [6.07, 6.45) is 3.71. The van der Waals surface area contributed by atoms with Gasteiger partial charge in [-0.05, 0) is 12.5 Å². The number of hydrogen-bond donors (Lipinski definition) is 0. The van der Waals surface area contributed by atoms with Gasteiger partial charge in [0.2, 0.25) is 6.54 Å². The van der Waals surface area contributed by atoms with E-state index in [2.05, 4.69) is 4.74 Å². The topological polar surface area (TPSA) is 30.2 Å². The van der Waals surface area contributed by atoms with Gasteiger partial charge in [0.25, 0.3) is 0 Å². The van der Waals surface area contributed by atoms with Gasteiger partial charge in [0.1, 0.15) is 0 Å². The van der Waals surface area contributed by atoms with Gasteiger partial charge >= 0.3 is 5.97 Å². The van der Waals surface area contributed by atoms with Gasteiger partial charge in [-0.1, -0.05) is 0 Å². The molecule has 0 aliphatic heterocycles. The number of aromatic nitrogens is 1. The molecular formula is C9H12NO2+. The van der Waals surface area contributed by atoms with Gasteiger partial charge in [-0.25, -0.2) is 4.79 Å². The van der Waals surface area contributed by atoms with Crippen LogP contribution in [-0.4, -0.2) is 13.1 Å². The lowest BCUT2D eigenvalue weighted by Crippen LogP contribution is -2.37. The second-order valence-corrected chi connectivity index (χ2v) is 2.62. The minimum absolute atomic E-state index is 0.233. The standard InChI is InChI=1S/C9H12NO2/c1-8-3-5-10(6-4-8)7-9(11)12-2/h3-6H,7H2,1-2H3/q+1. The highest BCUT2D eigenvalue weighted by atomic mass is 16.5. The van der Waals surface area contributed by atoms with Crippen molar-refractivity contribution in [3.63, 3.8) is 0 Å². The molecule has 0 aliphatic rings. The maximum Gasteiger partial charge on any atom is 0.372 e. The third kappa shape index (κ3) is 2.34. The van der Waals surface area contributed by atoms with Crippen LogP contribution in [0.25, 0.3) is 0 Å². The smallest absolute Gasteiger partial charge is 0.372 e. The average molecular weight is 166 g/mol. The van der Waals surface area contributed by atoms with Gasteiger partial charge in [0.15, 0.2) is 12.4 Å². The van der Waals surface area contributed by atoms with Crippen LogP contribution in [0.15, 0.2) is 24.5 Å². The van der Waals surface area contributed by atoms with Gasteiger partial charge in [0.05, 0.1) is 7.11 Å². The molecule has 0 amide bonds. The molecule has 0 bridgehead atoms. The highest BCUT2D eigenvalue weighted by Crippen LogP contribution is 1.89. The summed E-state index contributed by atoms with van der Waals surface area (Å²) >= 11 is 0. The van der Waals surface area contributed by atoms with E-state index in [0.29, 0.717) is 0 Å². The molecule has 1 aromatic heterocycles. The van der Waals surface area contributed by atoms with Crippen molar-refractivity contribution in [2.45, 2.75) is 13.5 Å². The van der Waals surface area contributed by atoms with E-state index >= 15 is 0 Å². The number of nitrogens with zero attached hydrogens (tertiary/aromatic N) is 1. The number of methoxy groups -OCH3 is 1. The van der Waals surface area contributed by atoms with Crippen LogP contribution in [-0.2, 0) is 16.1 Å². The zero-order valence-corrected chi connectivity index (χ0v) is 7.28. The fourth-order valence-corrected chi connectivity index (χ4v) is 0.851. The Balaban J connectivity index is 2.64. The third-order valence-corrected chi connectivity index (χ3v) is 1.60. The molecule has 0 aromatic carbocycles. The third-order valence-electron chi connectivity index (χ3n) is 1.60. The van der Waals surface area contributed by atoms with Crippen molar-refractivity contribution in [2.75, 3.05) is 7.11 Å². The fourth-order valence-electron chi connectivity index (χ4n) is 0.851. The average Bonchev–Trinajstić information content (AvgIpc) is 2.09. The van der Waals surface area contributed by atoms with Crippen LogP contribution < -0.4 is 4.57 Å². The number of esters is 1. The number of ether oxygens (including phenoxy) is 1. The van der Waals surface area contributed by atoms with Crippen molar-refractivity contribution < 1.29 is 14.1 Å². The molecule has 0 unspecified atom stereocenters. The summed E-state index contributed by atoms with van der Waals surface area (Å²) < 4.78 is 6.30. The molecule has 1 aromatic rings. The Kier molecular flexibility index (Phi) is 2.80. The highest BCUT2D eigenvalue weighted by molar-refractivity contribution is 5.67. The molecule has 0 fully saturated rings. The lowest BCUT2D eigenvalue weighted by atomic mass is 10.3. The minimum atomic E-state index is -0.233. The van der Waals surface area contributed by atoms with Crippen LogP contribution in [0.3, 0.4) is 0 Å². The largest absolute Gasteiger partial charge is 0.464 e. The van der Waals surface area contributed by atoms with E-state index in [-0.39, 0.29) is 12.5 Å². The Morgan fingerprint density at radius 1 is 1.50 bits per heavy atom. The molecule has 1 rings (SSSR count). The van der Waals surface area contributed by atoms with Crippen LogP contribution in [0.5, 0.6) is 0 Å². The molecule has 0 N–H and O–H groups in total. The number of rotatable bonds is 2. The molecule has 3 nitrogen and oxygen atoms in total. The zero-order valence-electron chi connectivity index (χ0n) is 7.28. The van der Waals surface area contributed by atoms with Gasteiger partial charge in [-0.15, -0.1) is 0 Å². The lowest BCUT2D eigenvalue weighted by molar-refractivity contribution is -0.685. The molecule has 1 heterocycles. The van der Waals surface area contributed by atoms with E-state index in [1.807, 2.05) is 31.5 Å². The van der Waals surface area contributed by atoms with Gasteiger partial charge in [-0.3, -0.25) is 0 Å². The summed E-state index contributed by atoms with van der Waals surface area (Å²) in [4.78, 5) is 10.8. The van der Waals surface area contributed by atoms with Crippen LogP contribution in [0, 0.1) is 6.92 Å². The van der Waals surface area contributed by atoms with Crippen LogP contribution >= 0.6 is 0 Å². The summed E-state index contributed by atoms with van der Waals surface area (Å²) in [5, 5.41) is 0. The molecule has 0 atom stereocenters. The van der Waals surface area contributed by atoms with Crippen molar-refractivity contribution in [3.8, 4) is 0 Å². The lowest BCUT2D eigenvalue weighted by Gasteiger charge is -1.95. The quantitative estimate of drug-likeness (QED) is 0.472. The molecule has 64 valence electrons. The van der Waals surface area contributed by atoms with Gasteiger partial charge in [0, 0.05) is 12.1 Å². The first kappa shape index (κ1) is 8.71. The summed E-state index contributed by atoms with van der Waals surface area (Å²) in [6.45, 7) is 2.28. The monoisotopic (exact) mass is 166 g/mol. The number of aryl methyl sites for hydroxylation is 1. The van der Waals surface area contributed by atoms with Crippen LogP contribution in [0.2, 0.25) is 0 Å². The Bertz CT molecular complexity index is 266. The second kappa shape index (κ2) is 3.85. The maximum atomic E-state index is 10.8. The molecule has 0 saturated carbocycles. The van der Waals surface area contributed by atoms with Crippen molar-refractivity contribution >= 4 is 5.97 Å². The maximum absolute atomic E-state index is 10.8. The van der Waals surface area contributed by atoms with Crippen molar-refractivity contribution in [1.29, 1.82) is 0 Å². The van der Waals surface area contributed by atoms with E-state index in [9.17, 15) is 4.79 Å². The molecule has 0 spiro atoms. The van der Waals surface area contributed by atoms with Gasteiger partial charge in [-0.2, -0.15) is 4.57 Å². The Hall–Kier alpha value is -1.38. The molecule has 0 saturated heterocycles. The van der Waals surface area contributed by atoms with E-state index < -0.39 is 0 Å². The van der Waals surface area contributed by atoms with Crippen molar-refractivity contribution in [3.05, 3.63) is 30.1 Å². The number of carbonyl (C=O) groups is 1. The highest BCUT2D eigenvalue weighted by Gasteiger charge is 2.07. The summed E-state index contributed by atoms with van der Waals surface area (Å²) in [5.41, 5.74) is 1.18. The number of pyridine rings is 1. The molecular weight excluding hydrogens is 154 g/mol. The minimum Gasteiger partial charge on any atom is -0.464 e. The summed E-state index contributed by atoms with van der Waals surface area (Å²) in [6, 6.07) is 3.89. The first-order valence-corrected chi connectivity index (χ1v) is 3.75. The van der Waals surface area contributed by atoms with Crippen molar-refractivity contribution in [2.24, 2.45) is 0 Å². The fraction of sp³-hybridized carbons (Fsp3) is 0.333. The Morgan fingerprint density at radius 2 is 2.08 bits per heavy atom. The summed E-state index contributed by atoms with van der Waals surface area (Å²) in [7, 11) is 1.39. The van der Waals surface area contributed by atoms with E-state index in [1.54, 1.807) is 4.57 Å². The Morgan fingerprint density at radius 3 is 2.58 bits per heavy atom. The molecule has 3 heteroatoms. The van der Waals surface area contributed by atoms with Crippen molar-refractivity contribution in [1.82, 2.24) is 0 Å². The SMILES string of the molecule is COC(=O)C[n+]1ccc(C)cc1. The zero-order chi connectivity index (χ0) is 8.97. The molecule has 0 aliphatic carbocycles. The van der Waals surface area contributed by atoms with Gasteiger partial charge < -0.3 is 4.74 Å². The number of carbonyl (C=O) groups excluding carboxylic acids is 1. The summed E-state index contributed by atoms with van der Waals surface area (Å²) in [5.74, 6) is -0.233. The normalized spacial score (nSPS) is 9.50. The van der Waals surface area contributed by atoms with Crippen LogP contribution in [0.1, 0.15) is 5.56 Å². The first-order valence-electron chi connectivity index (χ1n) is 3.75. The second-order valence-electron chi connectivity index (χ2n) is 2.62.